The maximum atomic E-state index is 8.56. The van der Waals surface area contributed by atoms with Gasteiger partial charge in [0, 0.05) is 22.4 Å². The minimum atomic E-state index is -1.83. The van der Waals surface area contributed by atoms with Crippen LogP contribution in [0.15, 0.2) is 42.5 Å². The lowest BCUT2D eigenvalue weighted by Gasteiger charge is -2.39. The average Bonchev–Trinajstić information content (AvgIpc) is 3.39. The Balaban J connectivity index is 0.000000481. The number of carbonyl (C=O) groups is 1. The zero-order chi connectivity index (χ0) is 19.6. The van der Waals surface area contributed by atoms with E-state index in [9.17, 15) is 0 Å². The molecule has 0 spiro atoms. The molecule has 1 aliphatic carbocycles. The van der Waals surface area contributed by atoms with E-state index >= 15 is 0 Å². The molecule has 4 N–H and O–H groups in total. The largest absolute Gasteiger partial charge is 0.503 e. The van der Waals surface area contributed by atoms with Crippen molar-refractivity contribution in [3.05, 3.63) is 58.6 Å². The van der Waals surface area contributed by atoms with Crippen LogP contribution >= 0.6 is 11.6 Å². The molecular formula is C21H25ClN2O3. The molecule has 4 rings (SSSR count). The fourth-order valence-corrected chi connectivity index (χ4v) is 3.80. The van der Waals surface area contributed by atoms with Gasteiger partial charge in [-0.2, -0.15) is 0 Å². The molecule has 1 fully saturated rings. The van der Waals surface area contributed by atoms with Crippen LogP contribution in [0.25, 0.3) is 0 Å². The van der Waals surface area contributed by atoms with Crippen LogP contribution in [0.3, 0.4) is 0 Å². The molecule has 6 heteroatoms. The minimum absolute atomic E-state index is 0.100. The number of nitrogens with one attached hydrogen (secondary N) is 2. The zero-order valence-electron chi connectivity index (χ0n) is 15.5. The van der Waals surface area contributed by atoms with Crippen molar-refractivity contribution in [2.24, 2.45) is 0 Å². The highest BCUT2D eigenvalue weighted by molar-refractivity contribution is 6.30. The molecule has 27 heavy (non-hydrogen) atoms. The Bertz CT molecular complexity index is 830. The molecule has 0 bridgehead atoms. The van der Waals surface area contributed by atoms with E-state index in [0.29, 0.717) is 12.1 Å². The molecule has 144 valence electrons. The second-order valence-corrected chi connectivity index (χ2v) is 8.20. The first-order valence-electron chi connectivity index (χ1n) is 9.10. The Labute approximate surface area is 164 Å². The van der Waals surface area contributed by atoms with Crippen molar-refractivity contribution in [3.8, 4) is 0 Å². The maximum Gasteiger partial charge on any atom is 0.503 e. The van der Waals surface area contributed by atoms with E-state index in [0.717, 1.165) is 11.4 Å². The highest BCUT2D eigenvalue weighted by Crippen LogP contribution is 2.46. The molecule has 2 aliphatic rings. The van der Waals surface area contributed by atoms with Crippen molar-refractivity contribution in [2.45, 2.75) is 50.6 Å². The Hall–Kier alpha value is -2.40. The molecule has 0 amide bonds. The van der Waals surface area contributed by atoms with Crippen molar-refractivity contribution >= 4 is 29.1 Å². The van der Waals surface area contributed by atoms with Gasteiger partial charge in [-0.05, 0) is 60.1 Å². The predicted octanol–water partition coefficient (Wildman–Crippen LogP) is 5.97. The fraction of sp³-hybridized carbons (Fsp3) is 0.381. The van der Waals surface area contributed by atoms with Gasteiger partial charge in [-0.15, -0.1) is 0 Å². The molecular weight excluding hydrogens is 364 g/mol. The summed E-state index contributed by atoms with van der Waals surface area (Å²) >= 11 is 6.21. The third-order valence-electron chi connectivity index (χ3n) is 5.03. The van der Waals surface area contributed by atoms with Crippen LogP contribution in [-0.4, -0.2) is 22.4 Å². The van der Waals surface area contributed by atoms with E-state index in [4.69, 9.17) is 26.6 Å². The SMILES string of the molecule is CC1(C)CC(c2ccccc2NC2CC2)Nc2ccc(Cl)cc21.O=C(O)O. The quantitative estimate of drug-likeness (QED) is 0.520. The van der Waals surface area contributed by atoms with E-state index in [1.54, 1.807) is 0 Å². The van der Waals surface area contributed by atoms with Gasteiger partial charge in [0.05, 0.1) is 6.04 Å². The summed E-state index contributed by atoms with van der Waals surface area (Å²) in [5.41, 5.74) is 5.27. The molecule has 2 aromatic carbocycles. The lowest BCUT2D eigenvalue weighted by atomic mass is 9.74. The van der Waals surface area contributed by atoms with E-state index in [2.05, 4.69) is 60.9 Å². The van der Waals surface area contributed by atoms with Gasteiger partial charge in [-0.1, -0.05) is 43.6 Å². The first-order valence-corrected chi connectivity index (χ1v) is 9.48. The summed E-state index contributed by atoms with van der Waals surface area (Å²) < 4.78 is 0. The number of halogens is 1. The summed E-state index contributed by atoms with van der Waals surface area (Å²) in [5.74, 6) is 0. The minimum Gasteiger partial charge on any atom is -0.450 e. The van der Waals surface area contributed by atoms with Crippen LogP contribution in [0.4, 0.5) is 16.2 Å². The Morgan fingerprint density at radius 1 is 1.19 bits per heavy atom. The smallest absolute Gasteiger partial charge is 0.450 e. The Morgan fingerprint density at radius 3 is 2.52 bits per heavy atom. The fourth-order valence-electron chi connectivity index (χ4n) is 3.63. The van der Waals surface area contributed by atoms with Gasteiger partial charge in [0.1, 0.15) is 0 Å². The van der Waals surface area contributed by atoms with Crippen molar-refractivity contribution in [3.63, 3.8) is 0 Å². The number of carboxylic acid groups (broad SMARTS) is 2. The zero-order valence-corrected chi connectivity index (χ0v) is 16.3. The van der Waals surface area contributed by atoms with Gasteiger partial charge in [-0.25, -0.2) is 4.79 Å². The first-order chi connectivity index (χ1) is 12.8. The lowest BCUT2D eigenvalue weighted by Crippen LogP contribution is -2.31. The Kier molecular flexibility index (Phi) is 5.51. The van der Waals surface area contributed by atoms with Crippen molar-refractivity contribution < 1.29 is 15.0 Å². The highest BCUT2D eigenvalue weighted by atomic mass is 35.5. The van der Waals surface area contributed by atoms with Gasteiger partial charge in [0.25, 0.3) is 0 Å². The molecule has 1 atom stereocenters. The molecule has 1 unspecified atom stereocenters. The van der Waals surface area contributed by atoms with Crippen molar-refractivity contribution in [2.75, 3.05) is 10.6 Å². The van der Waals surface area contributed by atoms with Crippen LogP contribution in [0.5, 0.6) is 0 Å². The monoisotopic (exact) mass is 388 g/mol. The number of para-hydroxylation sites is 1. The van der Waals surface area contributed by atoms with E-state index < -0.39 is 6.16 Å². The third-order valence-corrected chi connectivity index (χ3v) is 5.26. The molecule has 0 radical (unpaired) electrons. The van der Waals surface area contributed by atoms with Gasteiger partial charge in [-0.3, -0.25) is 0 Å². The normalized spacial score (nSPS) is 19.7. The van der Waals surface area contributed by atoms with Gasteiger partial charge in [0.15, 0.2) is 0 Å². The van der Waals surface area contributed by atoms with Crippen LogP contribution in [0.2, 0.25) is 5.02 Å². The van der Waals surface area contributed by atoms with E-state index in [-0.39, 0.29) is 5.41 Å². The van der Waals surface area contributed by atoms with Crippen LogP contribution in [0, 0.1) is 0 Å². The van der Waals surface area contributed by atoms with E-state index in [1.165, 1.54) is 35.3 Å². The van der Waals surface area contributed by atoms with E-state index in [1.807, 2.05) is 6.07 Å². The molecule has 5 nitrogen and oxygen atoms in total. The van der Waals surface area contributed by atoms with Crippen LogP contribution < -0.4 is 10.6 Å². The number of anilines is 2. The topological polar surface area (TPSA) is 81.6 Å². The van der Waals surface area contributed by atoms with Gasteiger partial charge < -0.3 is 20.8 Å². The highest BCUT2D eigenvalue weighted by Gasteiger charge is 2.34. The molecule has 1 heterocycles. The number of hydrogen-bond donors (Lipinski definition) is 4. The summed E-state index contributed by atoms with van der Waals surface area (Å²) in [5, 5.41) is 22.2. The predicted molar refractivity (Wildman–Crippen MR) is 109 cm³/mol. The molecule has 0 saturated heterocycles. The molecule has 1 saturated carbocycles. The summed E-state index contributed by atoms with van der Waals surface area (Å²) in [4.78, 5) is 8.56. The second-order valence-electron chi connectivity index (χ2n) is 7.76. The van der Waals surface area contributed by atoms with Gasteiger partial charge >= 0.3 is 6.16 Å². The second kappa shape index (κ2) is 7.69. The standard InChI is InChI=1S/C20H23ClN2.CH2O3/c1-20(2)12-19(23-18-10-7-13(21)11-16(18)20)15-5-3-4-6-17(15)22-14-8-9-14;2-1(3)4/h3-7,10-11,14,19,22-23H,8-9,12H2,1-2H3;(H2,2,3,4). The lowest BCUT2D eigenvalue weighted by molar-refractivity contribution is 0.137. The summed E-state index contributed by atoms with van der Waals surface area (Å²) in [6.07, 6.45) is 1.81. The first kappa shape index (κ1) is 19.4. The number of benzene rings is 2. The maximum absolute atomic E-state index is 8.56. The summed E-state index contributed by atoms with van der Waals surface area (Å²) in [7, 11) is 0. The number of rotatable bonds is 3. The van der Waals surface area contributed by atoms with Gasteiger partial charge in [0.2, 0.25) is 0 Å². The number of fused-ring (bicyclic) bond motifs is 1. The third kappa shape index (κ3) is 4.86. The van der Waals surface area contributed by atoms with Crippen LogP contribution in [-0.2, 0) is 5.41 Å². The average molecular weight is 389 g/mol. The number of hydrogen-bond acceptors (Lipinski definition) is 3. The van der Waals surface area contributed by atoms with Crippen molar-refractivity contribution in [1.82, 2.24) is 0 Å². The summed E-state index contributed by atoms with van der Waals surface area (Å²) in [6, 6.07) is 15.9. The molecule has 1 aliphatic heterocycles. The molecule has 2 aromatic rings. The summed E-state index contributed by atoms with van der Waals surface area (Å²) in [6.45, 7) is 4.62. The molecule has 0 aromatic heterocycles. The van der Waals surface area contributed by atoms with Crippen molar-refractivity contribution in [1.29, 1.82) is 0 Å². The van der Waals surface area contributed by atoms with Crippen LogP contribution in [0.1, 0.15) is 50.3 Å². The Morgan fingerprint density at radius 2 is 1.85 bits per heavy atom.